The van der Waals surface area contributed by atoms with Gasteiger partial charge in [0.05, 0.1) is 18.8 Å². The molecule has 2 aliphatic heterocycles. The second-order valence-electron chi connectivity index (χ2n) is 11.9. The lowest BCUT2D eigenvalue weighted by Crippen LogP contribution is -2.59. The van der Waals surface area contributed by atoms with E-state index in [0.29, 0.717) is 5.92 Å². The molecule has 0 saturated carbocycles. The molecule has 2 heterocycles. The molecule has 226 valence electrons. The van der Waals surface area contributed by atoms with Gasteiger partial charge in [-0.1, -0.05) is 45.0 Å². The zero-order valence-electron chi connectivity index (χ0n) is 24.1. The van der Waals surface area contributed by atoms with Gasteiger partial charge < -0.3 is 39.4 Å². The van der Waals surface area contributed by atoms with Gasteiger partial charge in [-0.15, -0.1) is 0 Å². The van der Waals surface area contributed by atoms with Gasteiger partial charge >= 0.3 is 11.9 Å². The maximum atomic E-state index is 11.6. The first-order valence-corrected chi connectivity index (χ1v) is 13.9. The number of morpholine rings is 1. The number of carbonyl (C=O) groups excluding carboxylic acids is 1. The summed E-state index contributed by atoms with van der Waals surface area (Å²) in [4.78, 5) is 24.7. The van der Waals surface area contributed by atoms with Crippen molar-refractivity contribution in [1.82, 2.24) is 4.90 Å². The lowest BCUT2D eigenvalue weighted by molar-refractivity contribution is -0.304. The number of nitrogens with zero attached hydrogens (tertiary/aromatic N) is 1. The number of carboxylic acid groups (broad SMARTS) is 1. The van der Waals surface area contributed by atoms with E-state index in [1.807, 2.05) is 13.8 Å². The molecule has 1 aromatic rings. The number of carboxylic acids is 1. The van der Waals surface area contributed by atoms with E-state index in [0.717, 1.165) is 31.6 Å². The molecule has 1 aromatic carbocycles. The van der Waals surface area contributed by atoms with Crippen molar-refractivity contribution in [3.63, 3.8) is 0 Å². The van der Waals surface area contributed by atoms with Crippen molar-refractivity contribution >= 4 is 11.9 Å². The van der Waals surface area contributed by atoms with Crippen LogP contribution in [0.4, 0.5) is 0 Å². The third kappa shape index (κ3) is 9.20. The highest BCUT2D eigenvalue weighted by Crippen LogP contribution is 2.28. The molecule has 0 spiro atoms. The maximum absolute atomic E-state index is 11.6. The van der Waals surface area contributed by atoms with Crippen molar-refractivity contribution in [2.24, 2.45) is 5.92 Å². The SMILES string of the molecule is CC(Cc1ccc(C(C)(C)CO[C@@H]2O[C@H](COC(=O)CC(=O)O)[C@@H](O)[C@H](O)[C@H]2O)cc1)CN1C[C@@H](C)O[C@@H](C)C1. The van der Waals surface area contributed by atoms with Gasteiger partial charge in [0, 0.05) is 25.0 Å². The van der Waals surface area contributed by atoms with E-state index in [1.165, 1.54) is 5.56 Å². The van der Waals surface area contributed by atoms with Gasteiger partial charge in [0.25, 0.3) is 0 Å². The number of aliphatic hydroxyl groups excluding tert-OH is 3. The number of benzene rings is 1. The monoisotopic (exact) mass is 567 g/mol. The molecule has 2 fully saturated rings. The molecule has 2 aliphatic rings. The highest BCUT2D eigenvalue weighted by molar-refractivity contribution is 5.90. The van der Waals surface area contributed by atoms with Crippen molar-refractivity contribution in [2.75, 3.05) is 32.8 Å². The van der Waals surface area contributed by atoms with Crippen LogP contribution in [0.2, 0.25) is 0 Å². The van der Waals surface area contributed by atoms with Crippen LogP contribution in [-0.2, 0) is 40.4 Å². The van der Waals surface area contributed by atoms with Crippen molar-refractivity contribution < 1.29 is 49.0 Å². The molecular weight excluding hydrogens is 522 g/mol. The summed E-state index contributed by atoms with van der Waals surface area (Å²) in [6.45, 7) is 13.0. The first kappa shape index (κ1) is 32.4. The summed E-state index contributed by atoms with van der Waals surface area (Å²) in [5.41, 5.74) is 1.79. The number of rotatable bonds is 12. The Balaban J connectivity index is 1.52. The molecule has 40 heavy (non-hydrogen) atoms. The summed E-state index contributed by atoms with van der Waals surface area (Å²) >= 11 is 0. The fraction of sp³-hybridized carbons (Fsp3) is 0.724. The Hall–Kier alpha value is -2.12. The molecular formula is C29H45NO10. The third-order valence-electron chi connectivity index (χ3n) is 7.37. The van der Waals surface area contributed by atoms with Gasteiger partial charge in [-0.05, 0) is 37.3 Å². The summed E-state index contributed by atoms with van der Waals surface area (Å²) in [7, 11) is 0. The summed E-state index contributed by atoms with van der Waals surface area (Å²) in [6.07, 6.45) is -6.55. The van der Waals surface area contributed by atoms with Crippen LogP contribution < -0.4 is 0 Å². The number of hydrogen-bond donors (Lipinski definition) is 4. The van der Waals surface area contributed by atoms with E-state index in [-0.39, 0.29) is 18.8 Å². The van der Waals surface area contributed by atoms with Crippen molar-refractivity contribution in [2.45, 2.75) is 95.8 Å². The lowest BCUT2D eigenvalue weighted by atomic mass is 9.84. The Morgan fingerprint density at radius 2 is 1.65 bits per heavy atom. The number of carbonyl (C=O) groups is 2. The summed E-state index contributed by atoms with van der Waals surface area (Å²) in [6, 6.07) is 8.36. The van der Waals surface area contributed by atoms with Gasteiger partial charge in [-0.2, -0.15) is 0 Å². The van der Waals surface area contributed by atoms with Crippen LogP contribution in [0.5, 0.6) is 0 Å². The van der Waals surface area contributed by atoms with E-state index in [9.17, 15) is 24.9 Å². The first-order chi connectivity index (χ1) is 18.7. The molecule has 4 N–H and O–H groups in total. The quantitative estimate of drug-likeness (QED) is 0.212. The number of aliphatic carboxylic acids is 1. The Morgan fingerprint density at radius 1 is 1.02 bits per heavy atom. The molecule has 11 heteroatoms. The molecule has 2 saturated heterocycles. The first-order valence-electron chi connectivity index (χ1n) is 13.9. The van der Waals surface area contributed by atoms with Crippen molar-refractivity contribution in [1.29, 1.82) is 0 Å². The lowest BCUT2D eigenvalue weighted by Gasteiger charge is -2.41. The second-order valence-corrected chi connectivity index (χ2v) is 11.9. The molecule has 0 bridgehead atoms. The average molecular weight is 568 g/mol. The minimum absolute atomic E-state index is 0.131. The second kappa shape index (κ2) is 14.2. The van der Waals surface area contributed by atoms with Crippen LogP contribution in [0.15, 0.2) is 24.3 Å². The molecule has 0 radical (unpaired) electrons. The van der Waals surface area contributed by atoms with Gasteiger partial charge in [-0.25, -0.2) is 0 Å². The van der Waals surface area contributed by atoms with Gasteiger partial charge in [0.15, 0.2) is 6.29 Å². The predicted molar refractivity (Wildman–Crippen MR) is 145 cm³/mol. The summed E-state index contributed by atoms with van der Waals surface area (Å²) in [5.74, 6) is -1.87. The highest BCUT2D eigenvalue weighted by Gasteiger charge is 2.45. The summed E-state index contributed by atoms with van der Waals surface area (Å²) in [5, 5.41) is 39.6. The minimum atomic E-state index is -1.60. The zero-order valence-corrected chi connectivity index (χ0v) is 24.1. The topological polar surface area (TPSA) is 155 Å². The van der Waals surface area contributed by atoms with Crippen LogP contribution in [0.25, 0.3) is 0 Å². The van der Waals surface area contributed by atoms with Crippen LogP contribution in [0.3, 0.4) is 0 Å². The Bertz CT molecular complexity index is 960. The van der Waals surface area contributed by atoms with Crippen LogP contribution >= 0.6 is 0 Å². The maximum Gasteiger partial charge on any atom is 0.317 e. The molecule has 11 nitrogen and oxygen atoms in total. The molecule has 0 aromatic heterocycles. The fourth-order valence-electron chi connectivity index (χ4n) is 5.35. The highest BCUT2D eigenvalue weighted by atomic mass is 16.7. The fourth-order valence-corrected chi connectivity index (χ4v) is 5.35. The van der Waals surface area contributed by atoms with Gasteiger partial charge in [-0.3, -0.25) is 14.5 Å². The van der Waals surface area contributed by atoms with E-state index in [4.69, 9.17) is 24.1 Å². The number of ether oxygens (including phenoxy) is 4. The van der Waals surface area contributed by atoms with Crippen LogP contribution in [0.1, 0.15) is 52.2 Å². The van der Waals surface area contributed by atoms with E-state index < -0.39 is 61.1 Å². The number of aliphatic hydroxyl groups is 3. The molecule has 8 atom stereocenters. The van der Waals surface area contributed by atoms with E-state index >= 15 is 0 Å². The average Bonchev–Trinajstić information content (AvgIpc) is 2.85. The molecule has 0 amide bonds. The van der Waals surface area contributed by atoms with Gasteiger partial charge in [0.1, 0.15) is 37.4 Å². The number of hydrogen-bond acceptors (Lipinski definition) is 10. The Labute approximate surface area is 236 Å². The predicted octanol–water partition coefficient (Wildman–Crippen LogP) is 1.09. The van der Waals surface area contributed by atoms with Crippen LogP contribution in [-0.4, -0.2) is 113 Å². The van der Waals surface area contributed by atoms with Crippen molar-refractivity contribution in [3.05, 3.63) is 35.4 Å². The van der Waals surface area contributed by atoms with E-state index in [2.05, 4.69) is 49.9 Å². The minimum Gasteiger partial charge on any atom is -0.481 e. The number of esters is 1. The smallest absolute Gasteiger partial charge is 0.317 e. The Kier molecular flexibility index (Phi) is 11.5. The zero-order chi connectivity index (χ0) is 29.6. The van der Waals surface area contributed by atoms with Crippen molar-refractivity contribution in [3.8, 4) is 0 Å². The van der Waals surface area contributed by atoms with Crippen LogP contribution in [0, 0.1) is 5.92 Å². The molecule has 3 rings (SSSR count). The largest absolute Gasteiger partial charge is 0.481 e. The summed E-state index contributed by atoms with van der Waals surface area (Å²) < 4.78 is 22.1. The van der Waals surface area contributed by atoms with E-state index in [1.54, 1.807) is 0 Å². The van der Waals surface area contributed by atoms with Gasteiger partial charge in [0.2, 0.25) is 0 Å². The molecule has 0 aliphatic carbocycles. The molecule has 1 unspecified atom stereocenters. The Morgan fingerprint density at radius 3 is 2.25 bits per heavy atom. The third-order valence-corrected chi connectivity index (χ3v) is 7.37. The normalized spacial score (nSPS) is 30.6. The standard InChI is InChI=1S/C29H45NO10/c1-17(12-30-13-18(2)39-19(3)14-30)10-20-6-8-21(9-7-20)29(4,5)16-38-28-27(36)26(35)25(34)22(40-28)15-37-24(33)11-23(31)32/h6-9,17-19,22,25-28,34-36H,10-16H2,1-5H3,(H,31,32)/t17?,18-,19+,22-,25-,26+,27-,28-/m1/s1.